The topological polar surface area (TPSA) is 176 Å². The molecule has 4 amide bonds. The number of H-pyrrole nitrogens is 2. The van der Waals surface area contributed by atoms with Gasteiger partial charge < -0.3 is 10.1 Å². The van der Waals surface area contributed by atoms with Gasteiger partial charge in [-0.1, -0.05) is 0 Å². The van der Waals surface area contributed by atoms with Crippen LogP contribution in [0.25, 0.3) is 0 Å². The van der Waals surface area contributed by atoms with Crippen molar-refractivity contribution < 1.29 is 19.5 Å². The molecule has 0 aromatic carbocycles. The van der Waals surface area contributed by atoms with Crippen LogP contribution < -0.4 is 27.0 Å². The maximum atomic E-state index is 11.3. The molecule has 11 nitrogen and oxygen atoms in total. The molecule has 0 atom stereocenters. The van der Waals surface area contributed by atoms with E-state index in [0.717, 1.165) is 0 Å². The lowest BCUT2D eigenvalue weighted by molar-refractivity contribution is -0.274. The Morgan fingerprint density at radius 3 is 2.00 bits per heavy atom. The molecule has 2 rings (SSSR count). The van der Waals surface area contributed by atoms with E-state index in [1.165, 1.54) is 0 Å². The van der Waals surface area contributed by atoms with Crippen molar-refractivity contribution in [3.8, 4) is 5.88 Å². The number of aromatic amines is 2. The Hall–Kier alpha value is -3.24. The van der Waals surface area contributed by atoms with Crippen molar-refractivity contribution in [2.45, 2.75) is 0 Å². The summed E-state index contributed by atoms with van der Waals surface area (Å²) in [6.45, 7) is 0. The number of hydrogen-bond donors (Lipinski definition) is 4. The lowest BCUT2D eigenvalue weighted by Crippen LogP contribution is -2.56. The van der Waals surface area contributed by atoms with Gasteiger partial charge in [0.15, 0.2) is 5.71 Å². The number of urea groups is 1. The second kappa shape index (κ2) is 4.21. The van der Waals surface area contributed by atoms with Crippen LogP contribution in [0.15, 0.2) is 14.6 Å². The Bertz CT molecular complexity index is 719. The number of nitrogens with zero attached hydrogens (tertiary/aromatic N) is 1. The Kier molecular flexibility index (Phi) is 2.71. The molecular formula is C8H4N5O6-. The van der Waals surface area contributed by atoms with Gasteiger partial charge in [0.25, 0.3) is 17.4 Å². The molecule has 2 heterocycles. The van der Waals surface area contributed by atoms with Gasteiger partial charge in [0.05, 0.1) is 0 Å². The largest absolute Gasteiger partial charge is 0.858 e. The second-order valence-electron chi connectivity index (χ2n) is 3.28. The quantitative estimate of drug-likeness (QED) is 0.411. The molecule has 1 aromatic rings. The van der Waals surface area contributed by atoms with Gasteiger partial charge in [-0.2, -0.15) is 0 Å². The van der Waals surface area contributed by atoms with E-state index in [0.29, 0.717) is 0 Å². The number of hydrogen-bond acceptors (Lipinski definition) is 7. The maximum absolute atomic E-state index is 11.3. The first-order valence-corrected chi connectivity index (χ1v) is 4.67. The van der Waals surface area contributed by atoms with Gasteiger partial charge in [-0.25, -0.2) is 14.6 Å². The molecule has 1 fully saturated rings. The summed E-state index contributed by atoms with van der Waals surface area (Å²) in [4.78, 5) is 62.1. The third-order valence-electron chi connectivity index (χ3n) is 1.99. The van der Waals surface area contributed by atoms with Gasteiger partial charge in [-0.15, -0.1) is 0 Å². The summed E-state index contributed by atoms with van der Waals surface area (Å²) in [7, 11) is 0. The van der Waals surface area contributed by atoms with Crippen molar-refractivity contribution in [3.05, 3.63) is 20.8 Å². The molecule has 98 valence electrons. The van der Waals surface area contributed by atoms with Gasteiger partial charge in [-0.05, 0) is 5.88 Å². The number of carbonyl (C=O) groups is 3. The molecule has 0 aliphatic carbocycles. The molecule has 0 spiro atoms. The van der Waals surface area contributed by atoms with Crippen LogP contribution in [0.5, 0.6) is 5.88 Å². The molecule has 0 radical (unpaired) electrons. The van der Waals surface area contributed by atoms with Crippen molar-refractivity contribution in [2.24, 2.45) is 4.99 Å². The molecular weight excluding hydrogens is 262 g/mol. The summed E-state index contributed by atoms with van der Waals surface area (Å²) in [5.74, 6) is -3.50. The highest BCUT2D eigenvalue weighted by Crippen LogP contribution is 2.13. The molecule has 1 saturated heterocycles. The van der Waals surface area contributed by atoms with Crippen molar-refractivity contribution in [1.29, 1.82) is 0 Å². The summed E-state index contributed by atoms with van der Waals surface area (Å²) in [6, 6.07) is -1.05. The first-order chi connectivity index (χ1) is 8.88. The van der Waals surface area contributed by atoms with Gasteiger partial charge in [0.2, 0.25) is 0 Å². The van der Waals surface area contributed by atoms with E-state index in [1.807, 2.05) is 0 Å². The first-order valence-electron chi connectivity index (χ1n) is 4.67. The monoisotopic (exact) mass is 266 g/mol. The predicted molar refractivity (Wildman–Crippen MR) is 55.9 cm³/mol. The van der Waals surface area contributed by atoms with E-state index in [4.69, 9.17) is 0 Å². The third-order valence-corrected chi connectivity index (χ3v) is 1.99. The highest BCUT2D eigenvalue weighted by atomic mass is 16.3. The Morgan fingerprint density at radius 1 is 0.895 bits per heavy atom. The number of aromatic nitrogens is 2. The average molecular weight is 266 g/mol. The van der Waals surface area contributed by atoms with Crippen molar-refractivity contribution in [1.82, 2.24) is 20.6 Å². The zero-order chi connectivity index (χ0) is 14.2. The van der Waals surface area contributed by atoms with Crippen LogP contribution in [-0.4, -0.2) is 33.5 Å². The highest BCUT2D eigenvalue weighted by Gasteiger charge is 2.30. The molecule has 1 aromatic heterocycles. The van der Waals surface area contributed by atoms with E-state index in [2.05, 4.69) is 4.99 Å². The number of amides is 4. The number of carbonyl (C=O) groups excluding carboxylic acids is 3. The highest BCUT2D eigenvalue weighted by molar-refractivity contribution is 6.69. The van der Waals surface area contributed by atoms with E-state index in [1.54, 1.807) is 20.6 Å². The minimum absolute atomic E-state index is 0.853. The average Bonchev–Trinajstić information content (AvgIpc) is 2.25. The number of nitrogens with one attached hydrogen (secondary N) is 4. The van der Waals surface area contributed by atoms with Crippen LogP contribution in [0, 0.1) is 0 Å². The normalized spacial score (nSPS) is 14.9. The minimum Gasteiger partial charge on any atom is -0.858 e. The number of aliphatic imine (C=N–C) groups is 1. The van der Waals surface area contributed by atoms with Gasteiger partial charge in [0, 0.05) is 0 Å². The smallest absolute Gasteiger partial charge is 0.328 e. The number of barbiturate groups is 1. The molecule has 4 N–H and O–H groups in total. The van der Waals surface area contributed by atoms with Crippen molar-refractivity contribution in [3.63, 3.8) is 0 Å². The number of rotatable bonds is 1. The summed E-state index contributed by atoms with van der Waals surface area (Å²) < 4.78 is 0. The van der Waals surface area contributed by atoms with Gasteiger partial charge in [-0.3, -0.25) is 30.0 Å². The summed E-state index contributed by atoms with van der Waals surface area (Å²) in [5, 5.41) is 14.7. The summed E-state index contributed by atoms with van der Waals surface area (Å²) in [5.41, 5.74) is -3.92. The molecule has 11 heteroatoms. The van der Waals surface area contributed by atoms with Crippen LogP contribution in [-0.2, 0) is 9.59 Å². The standard InChI is InChI=1S/C8H5N5O6/c14-3-1(4(15)11-7(18)10-3)9-2-5(16)12-8(19)13-6(2)17/h(H2,10,11,14,15,18)(H3,12,13,16,17,19)/p-1. The lowest BCUT2D eigenvalue weighted by atomic mass is 10.3. The number of imide groups is 2. The Labute approximate surface area is 102 Å². The third kappa shape index (κ3) is 2.24. The zero-order valence-electron chi connectivity index (χ0n) is 8.90. The second-order valence-corrected chi connectivity index (χ2v) is 3.28. The summed E-state index contributed by atoms with van der Waals surface area (Å²) in [6.07, 6.45) is 0. The van der Waals surface area contributed by atoms with Crippen molar-refractivity contribution in [2.75, 3.05) is 0 Å². The van der Waals surface area contributed by atoms with Crippen LogP contribution in [0.3, 0.4) is 0 Å². The van der Waals surface area contributed by atoms with Crippen LogP contribution in [0.1, 0.15) is 0 Å². The van der Waals surface area contributed by atoms with Gasteiger partial charge >= 0.3 is 11.7 Å². The lowest BCUT2D eigenvalue weighted by Gasteiger charge is -2.14. The fraction of sp³-hybridized carbons (Fsp3) is 0. The molecule has 0 saturated carbocycles. The van der Waals surface area contributed by atoms with Crippen LogP contribution >= 0.6 is 0 Å². The Balaban J connectivity index is 2.56. The fourth-order valence-electron chi connectivity index (χ4n) is 1.23. The van der Waals surface area contributed by atoms with E-state index >= 15 is 0 Å². The maximum Gasteiger partial charge on any atom is 0.328 e. The van der Waals surface area contributed by atoms with E-state index < -0.39 is 46.4 Å². The van der Waals surface area contributed by atoms with Crippen LogP contribution in [0.4, 0.5) is 10.5 Å². The first kappa shape index (κ1) is 12.2. The van der Waals surface area contributed by atoms with Crippen molar-refractivity contribution >= 4 is 29.2 Å². The van der Waals surface area contributed by atoms with E-state index in [9.17, 15) is 29.1 Å². The molecule has 19 heavy (non-hydrogen) atoms. The zero-order valence-corrected chi connectivity index (χ0v) is 8.90. The molecule has 0 bridgehead atoms. The SMILES string of the molecule is O=C1NC(=O)C(=Nc2c([O-])[nH]c(=O)[nH]c2=O)C(=O)N1. The van der Waals surface area contributed by atoms with E-state index in [-0.39, 0.29) is 0 Å². The summed E-state index contributed by atoms with van der Waals surface area (Å²) >= 11 is 0. The van der Waals surface area contributed by atoms with Crippen LogP contribution in [0.2, 0.25) is 0 Å². The predicted octanol–water partition coefficient (Wildman–Crippen LogP) is -3.42. The minimum atomic E-state index is -1.17. The molecule has 0 unspecified atom stereocenters. The fourth-order valence-corrected chi connectivity index (χ4v) is 1.23. The Morgan fingerprint density at radius 2 is 1.47 bits per heavy atom. The molecule has 1 aliphatic rings. The molecule has 1 aliphatic heterocycles. The van der Waals surface area contributed by atoms with Gasteiger partial charge in [0.1, 0.15) is 5.69 Å².